The molecule has 1 aliphatic heterocycles. The van der Waals surface area contributed by atoms with Crippen molar-refractivity contribution in [2.24, 2.45) is 23.7 Å². The van der Waals surface area contributed by atoms with E-state index in [1.54, 1.807) is 0 Å². The van der Waals surface area contributed by atoms with Gasteiger partial charge in [0.2, 0.25) is 5.91 Å². The standard InChI is InChI=1S/C34H57NO3Si2/c1-10-39(11-2,12-3)37-31-22-21-29-23-25(7)19-20-28-24-27(9)35-34(36)30(28)18-16-17-26(8)32(29)33(31)38-40(13-4,14-5)15-6/h16-23,27-33H,10-15,24H2,1-9H3,(H,35,36)/b18-16+,20-19+,25-23+,26-17+/t27-,28+,29-,30-,31-,32-,33-/m0/s1. The van der Waals surface area contributed by atoms with Crippen molar-refractivity contribution < 1.29 is 13.6 Å². The molecule has 0 spiro atoms. The van der Waals surface area contributed by atoms with Crippen LogP contribution in [0.3, 0.4) is 0 Å². The van der Waals surface area contributed by atoms with E-state index < -0.39 is 16.6 Å². The third-order valence-electron chi connectivity index (χ3n) is 10.3. The van der Waals surface area contributed by atoms with Crippen LogP contribution in [0.1, 0.15) is 68.7 Å². The lowest BCUT2D eigenvalue weighted by Crippen LogP contribution is -2.54. The number of fused-ring (bicyclic) bond motifs is 2. The third-order valence-corrected chi connectivity index (χ3v) is 19.6. The molecule has 3 aliphatic rings. The number of carbonyl (C=O) groups is 1. The van der Waals surface area contributed by atoms with Gasteiger partial charge >= 0.3 is 0 Å². The molecule has 1 N–H and O–H groups in total. The summed E-state index contributed by atoms with van der Waals surface area (Å²) in [5.74, 6) is 0.628. The van der Waals surface area contributed by atoms with Crippen molar-refractivity contribution in [3.63, 3.8) is 0 Å². The smallest absolute Gasteiger partial charge is 0.227 e. The van der Waals surface area contributed by atoms with E-state index >= 15 is 0 Å². The Morgan fingerprint density at radius 2 is 1.45 bits per heavy atom. The summed E-state index contributed by atoms with van der Waals surface area (Å²) < 4.78 is 14.7. The fraction of sp³-hybridized carbons (Fsp3) is 0.676. The molecule has 1 amide bonds. The van der Waals surface area contributed by atoms with Gasteiger partial charge in [0, 0.05) is 17.9 Å². The molecule has 0 radical (unpaired) electrons. The molecule has 0 aromatic carbocycles. The molecular formula is C34H57NO3Si2. The number of amides is 1. The quantitative estimate of drug-likeness (QED) is 0.207. The minimum Gasteiger partial charge on any atom is -0.410 e. The van der Waals surface area contributed by atoms with Crippen LogP contribution in [0.4, 0.5) is 0 Å². The number of piperidine rings is 1. The largest absolute Gasteiger partial charge is 0.410 e. The highest BCUT2D eigenvalue weighted by Gasteiger charge is 2.45. The summed E-state index contributed by atoms with van der Waals surface area (Å²) in [5.41, 5.74) is 2.55. The second kappa shape index (κ2) is 14.6. The molecule has 0 aromatic rings. The Kier molecular flexibility index (Phi) is 12.1. The van der Waals surface area contributed by atoms with Crippen molar-refractivity contribution >= 4 is 22.5 Å². The van der Waals surface area contributed by atoms with E-state index in [2.05, 4.69) is 116 Å². The highest BCUT2D eigenvalue weighted by atomic mass is 28.4. The van der Waals surface area contributed by atoms with Crippen LogP contribution in [0.5, 0.6) is 0 Å². The fourth-order valence-corrected chi connectivity index (χ4v) is 12.7. The zero-order valence-corrected chi connectivity index (χ0v) is 28.8. The molecule has 2 aliphatic carbocycles. The van der Waals surface area contributed by atoms with Crippen LogP contribution in [0.2, 0.25) is 36.3 Å². The minimum atomic E-state index is -1.92. The van der Waals surface area contributed by atoms with Crippen molar-refractivity contribution in [1.29, 1.82) is 0 Å². The highest BCUT2D eigenvalue weighted by molar-refractivity contribution is 6.74. The normalized spacial score (nSPS) is 35.5. The third kappa shape index (κ3) is 7.48. The molecule has 7 atom stereocenters. The average Bonchev–Trinajstić information content (AvgIpc) is 2.95. The zero-order chi connectivity index (χ0) is 29.5. The van der Waals surface area contributed by atoms with Crippen LogP contribution in [0.15, 0.2) is 59.8 Å². The topological polar surface area (TPSA) is 47.6 Å². The first-order valence-electron chi connectivity index (χ1n) is 16.2. The molecule has 0 unspecified atom stereocenters. The van der Waals surface area contributed by atoms with Crippen LogP contribution < -0.4 is 5.32 Å². The molecule has 1 saturated heterocycles. The summed E-state index contributed by atoms with van der Waals surface area (Å²) in [6.07, 6.45) is 19.1. The van der Waals surface area contributed by atoms with Crippen LogP contribution in [0.25, 0.3) is 0 Å². The van der Waals surface area contributed by atoms with Gasteiger partial charge < -0.3 is 14.2 Å². The van der Waals surface area contributed by atoms with Gasteiger partial charge in [-0.2, -0.15) is 0 Å². The Balaban J connectivity index is 2.13. The van der Waals surface area contributed by atoms with Gasteiger partial charge in [0.1, 0.15) is 0 Å². The number of hydrogen-bond acceptors (Lipinski definition) is 3. The van der Waals surface area contributed by atoms with Gasteiger partial charge in [-0.25, -0.2) is 0 Å². The molecule has 40 heavy (non-hydrogen) atoms. The second-order valence-electron chi connectivity index (χ2n) is 12.5. The number of rotatable bonds is 10. The van der Waals surface area contributed by atoms with Gasteiger partial charge in [0.25, 0.3) is 0 Å². The average molecular weight is 584 g/mol. The molecule has 3 rings (SSSR count). The van der Waals surface area contributed by atoms with Gasteiger partial charge in [-0.3, -0.25) is 4.79 Å². The maximum Gasteiger partial charge on any atom is 0.227 e. The van der Waals surface area contributed by atoms with Crippen molar-refractivity contribution in [2.45, 2.75) is 123 Å². The molecule has 4 nitrogen and oxygen atoms in total. The predicted octanol–water partition coefficient (Wildman–Crippen LogP) is 8.73. The van der Waals surface area contributed by atoms with E-state index in [1.165, 1.54) is 11.1 Å². The van der Waals surface area contributed by atoms with Crippen molar-refractivity contribution in [3.05, 3.63) is 59.8 Å². The van der Waals surface area contributed by atoms with Crippen molar-refractivity contribution in [3.8, 4) is 0 Å². The zero-order valence-electron chi connectivity index (χ0n) is 26.8. The van der Waals surface area contributed by atoms with E-state index in [0.717, 1.165) is 42.7 Å². The first-order valence-corrected chi connectivity index (χ1v) is 21.2. The second-order valence-corrected chi connectivity index (χ2v) is 22.0. The van der Waals surface area contributed by atoms with Crippen LogP contribution in [-0.4, -0.2) is 40.8 Å². The first kappa shape index (κ1) is 33.0. The lowest BCUT2D eigenvalue weighted by molar-refractivity contribution is -0.127. The van der Waals surface area contributed by atoms with Crippen LogP contribution >= 0.6 is 0 Å². The Morgan fingerprint density at radius 1 is 0.850 bits per heavy atom. The SMILES string of the molecule is CC[Si](CC)(CC)O[C@@H]1[C@H]2/C(C)=C/C=C/[C@@H]3C(=O)N[C@@H](C)C[C@H]3/C=C/C(C)=C/[C@@H]2C=C[C@@H]1O[Si](CC)(CC)CC. The molecule has 1 fully saturated rings. The summed E-state index contributed by atoms with van der Waals surface area (Å²) in [6, 6.07) is 6.97. The molecule has 224 valence electrons. The molecule has 0 saturated carbocycles. The van der Waals surface area contributed by atoms with Crippen molar-refractivity contribution in [1.82, 2.24) is 5.32 Å². The van der Waals surface area contributed by atoms with E-state index in [0.29, 0.717) is 0 Å². The number of hydrogen-bond donors (Lipinski definition) is 1. The molecule has 6 heteroatoms. The van der Waals surface area contributed by atoms with E-state index in [9.17, 15) is 4.79 Å². The number of carbonyl (C=O) groups excluding carboxylic acids is 1. The Labute approximate surface area is 247 Å². The van der Waals surface area contributed by atoms with E-state index in [4.69, 9.17) is 8.85 Å². The Bertz CT molecular complexity index is 988. The Morgan fingerprint density at radius 3 is 2.05 bits per heavy atom. The summed E-state index contributed by atoms with van der Waals surface area (Å²) in [6.45, 7) is 20.5. The monoisotopic (exact) mass is 583 g/mol. The van der Waals surface area contributed by atoms with Crippen molar-refractivity contribution in [2.75, 3.05) is 0 Å². The summed E-state index contributed by atoms with van der Waals surface area (Å²) in [4.78, 5) is 12.9. The number of nitrogens with one attached hydrogen (secondary N) is 1. The fourth-order valence-electron chi connectivity index (χ4n) is 7.08. The Hall–Kier alpha value is -1.48. The lowest BCUT2D eigenvalue weighted by Gasteiger charge is -2.47. The van der Waals surface area contributed by atoms with Crippen LogP contribution in [0, 0.1) is 23.7 Å². The van der Waals surface area contributed by atoms with E-state index in [-0.39, 0.29) is 47.8 Å². The van der Waals surface area contributed by atoms with Gasteiger partial charge in [0.05, 0.1) is 18.1 Å². The molecular weight excluding hydrogens is 527 g/mol. The summed E-state index contributed by atoms with van der Waals surface area (Å²) in [5, 5.41) is 3.16. The minimum absolute atomic E-state index is 0.00904. The van der Waals surface area contributed by atoms with Crippen LogP contribution in [-0.2, 0) is 13.6 Å². The maximum atomic E-state index is 12.9. The van der Waals surface area contributed by atoms with E-state index in [1.807, 2.05) is 0 Å². The molecule has 0 bridgehead atoms. The molecule has 0 aromatic heterocycles. The summed E-state index contributed by atoms with van der Waals surface area (Å²) in [7, 11) is -3.77. The number of allylic oxidation sites excluding steroid dienone is 7. The highest BCUT2D eigenvalue weighted by Crippen LogP contribution is 2.41. The van der Waals surface area contributed by atoms with Gasteiger partial charge in [-0.1, -0.05) is 101 Å². The van der Waals surface area contributed by atoms with Gasteiger partial charge in [0.15, 0.2) is 16.6 Å². The van der Waals surface area contributed by atoms with Gasteiger partial charge in [-0.15, -0.1) is 0 Å². The first-order chi connectivity index (χ1) is 19.1. The van der Waals surface area contributed by atoms with Gasteiger partial charge in [-0.05, 0) is 69.4 Å². The maximum absolute atomic E-state index is 12.9. The molecule has 1 heterocycles. The lowest BCUT2D eigenvalue weighted by atomic mass is 9.75. The summed E-state index contributed by atoms with van der Waals surface area (Å²) >= 11 is 0. The predicted molar refractivity (Wildman–Crippen MR) is 175 cm³/mol.